The van der Waals surface area contributed by atoms with Crippen LogP contribution in [0.2, 0.25) is 0 Å². The van der Waals surface area contributed by atoms with Crippen LogP contribution in [-0.2, 0) is 0 Å². The summed E-state index contributed by atoms with van der Waals surface area (Å²) in [6.45, 7) is 0. The van der Waals surface area contributed by atoms with Gasteiger partial charge in [0.05, 0.1) is 9.52 Å². The summed E-state index contributed by atoms with van der Waals surface area (Å²) in [7, 11) is 0.525. The highest BCUT2D eigenvalue weighted by atomic mass is 28.2. The van der Waals surface area contributed by atoms with E-state index < -0.39 is 0 Å². The van der Waals surface area contributed by atoms with Gasteiger partial charge in [-0.1, -0.05) is 90.1 Å². The Morgan fingerprint density at radius 1 is 0.682 bits per heavy atom. The summed E-state index contributed by atoms with van der Waals surface area (Å²) in [6.07, 6.45) is 0.954. The Labute approximate surface area is 133 Å². The Balaban J connectivity index is 2.01. The predicted octanol–water partition coefficient (Wildman–Crippen LogP) is 3.62. The minimum absolute atomic E-state index is 0.281. The number of aldehydes is 1. The van der Waals surface area contributed by atoms with Gasteiger partial charge >= 0.3 is 0 Å². The fourth-order valence-corrected chi connectivity index (χ4v) is 4.07. The molecule has 0 atom stereocenters. The van der Waals surface area contributed by atoms with Crippen molar-refractivity contribution in [1.82, 2.24) is 0 Å². The predicted molar refractivity (Wildman–Crippen MR) is 91.9 cm³/mol. The quantitative estimate of drug-likeness (QED) is 0.519. The Morgan fingerprint density at radius 3 is 1.73 bits per heavy atom. The first-order valence-corrected chi connectivity index (χ1v) is 8.37. The minimum atomic E-state index is 0.281. The van der Waals surface area contributed by atoms with Crippen LogP contribution in [-0.4, -0.2) is 15.8 Å². The van der Waals surface area contributed by atoms with E-state index in [0.29, 0.717) is 9.52 Å². The molecule has 0 aliphatic heterocycles. The summed E-state index contributed by atoms with van der Waals surface area (Å²) >= 11 is 0. The highest BCUT2D eigenvalue weighted by Crippen LogP contribution is 2.23. The molecule has 3 aromatic rings. The number of rotatable bonds is 5. The van der Waals surface area contributed by atoms with Crippen LogP contribution in [0.15, 0.2) is 84.9 Å². The highest BCUT2D eigenvalue weighted by molar-refractivity contribution is 6.57. The lowest BCUT2D eigenvalue weighted by Crippen LogP contribution is -2.26. The van der Waals surface area contributed by atoms with E-state index in [4.69, 9.17) is 0 Å². The van der Waals surface area contributed by atoms with Gasteiger partial charge in [-0.2, -0.15) is 0 Å². The number of hydrogen-bond donors (Lipinski definition) is 0. The van der Waals surface area contributed by atoms with Crippen molar-refractivity contribution in [3.8, 4) is 0 Å². The third kappa shape index (κ3) is 3.23. The molecule has 0 spiro atoms. The lowest BCUT2D eigenvalue weighted by atomic mass is 10.0. The van der Waals surface area contributed by atoms with Gasteiger partial charge in [0.1, 0.15) is 6.29 Å². The largest absolute Gasteiger partial charge is 0.298 e. The van der Waals surface area contributed by atoms with Gasteiger partial charge < -0.3 is 0 Å². The van der Waals surface area contributed by atoms with Gasteiger partial charge in [-0.05, 0) is 11.1 Å². The standard InChI is InChI=1S/C20H16OSi/c21-15-18-13-7-8-14-19(18)22-20(16-9-3-1-4-10-16)17-11-5-2-6-12-17/h1-15,20H. The summed E-state index contributed by atoms with van der Waals surface area (Å²) in [5.41, 5.74) is 3.64. The van der Waals surface area contributed by atoms with Crippen molar-refractivity contribution in [3.63, 3.8) is 0 Å². The number of carbonyl (C=O) groups excluding carboxylic acids is 1. The van der Waals surface area contributed by atoms with E-state index >= 15 is 0 Å². The van der Waals surface area contributed by atoms with Crippen molar-refractivity contribution >= 4 is 21.0 Å². The van der Waals surface area contributed by atoms with Gasteiger partial charge in [0.15, 0.2) is 0 Å². The summed E-state index contributed by atoms with van der Waals surface area (Å²) in [5.74, 6) is 0. The molecule has 0 N–H and O–H groups in total. The molecule has 0 aliphatic carbocycles. The molecule has 0 aromatic heterocycles. The zero-order chi connectivity index (χ0) is 15.2. The van der Waals surface area contributed by atoms with Crippen molar-refractivity contribution in [1.29, 1.82) is 0 Å². The third-order valence-electron chi connectivity index (χ3n) is 3.65. The third-order valence-corrected chi connectivity index (χ3v) is 5.38. The Kier molecular flexibility index (Phi) is 4.61. The first-order chi connectivity index (χ1) is 10.9. The van der Waals surface area contributed by atoms with Gasteiger partial charge in [0.2, 0.25) is 0 Å². The number of benzene rings is 3. The lowest BCUT2D eigenvalue weighted by molar-refractivity contribution is 0.112. The maximum atomic E-state index is 11.3. The topological polar surface area (TPSA) is 17.1 Å². The molecule has 0 amide bonds. The zero-order valence-corrected chi connectivity index (χ0v) is 13.1. The second kappa shape index (κ2) is 7.01. The second-order valence-electron chi connectivity index (χ2n) is 5.10. The Morgan fingerprint density at radius 2 is 1.18 bits per heavy atom. The average Bonchev–Trinajstić information content (AvgIpc) is 2.61. The van der Waals surface area contributed by atoms with E-state index in [2.05, 4.69) is 54.6 Å². The van der Waals surface area contributed by atoms with Crippen LogP contribution in [0.4, 0.5) is 0 Å². The molecule has 0 heterocycles. The van der Waals surface area contributed by atoms with E-state index in [-0.39, 0.29) is 5.54 Å². The van der Waals surface area contributed by atoms with Crippen LogP contribution in [0.5, 0.6) is 0 Å². The SMILES string of the molecule is O=Cc1ccccc1[Si]C(c1ccccc1)c1ccccc1. The average molecular weight is 300 g/mol. The van der Waals surface area contributed by atoms with Crippen LogP contribution < -0.4 is 5.19 Å². The van der Waals surface area contributed by atoms with E-state index in [1.54, 1.807) is 0 Å². The molecule has 0 bridgehead atoms. The molecular formula is C20H16OSi. The molecule has 3 rings (SSSR count). The summed E-state index contributed by atoms with van der Waals surface area (Å²) in [5, 5.41) is 1.12. The van der Waals surface area contributed by atoms with E-state index in [1.807, 2.05) is 30.3 Å². The molecule has 3 aromatic carbocycles. The van der Waals surface area contributed by atoms with Crippen LogP contribution in [0.1, 0.15) is 27.0 Å². The van der Waals surface area contributed by atoms with Crippen molar-refractivity contribution in [2.75, 3.05) is 0 Å². The Bertz CT molecular complexity index is 698. The number of hydrogen-bond acceptors (Lipinski definition) is 1. The lowest BCUT2D eigenvalue weighted by Gasteiger charge is -2.18. The molecule has 106 valence electrons. The molecule has 0 aliphatic rings. The van der Waals surface area contributed by atoms with Crippen molar-refractivity contribution in [2.45, 2.75) is 5.54 Å². The molecule has 22 heavy (non-hydrogen) atoms. The van der Waals surface area contributed by atoms with Gasteiger partial charge in [0, 0.05) is 11.1 Å². The van der Waals surface area contributed by atoms with Crippen LogP contribution in [0, 0.1) is 0 Å². The fourth-order valence-electron chi connectivity index (χ4n) is 2.54. The van der Waals surface area contributed by atoms with Gasteiger partial charge in [0.25, 0.3) is 0 Å². The summed E-state index contributed by atoms with van der Waals surface area (Å²) in [4.78, 5) is 11.3. The maximum Gasteiger partial charge on any atom is 0.149 e. The van der Waals surface area contributed by atoms with Crippen molar-refractivity contribution < 1.29 is 4.79 Å². The Hall–Kier alpha value is -2.45. The maximum absolute atomic E-state index is 11.3. The summed E-state index contributed by atoms with van der Waals surface area (Å²) < 4.78 is 0. The van der Waals surface area contributed by atoms with Gasteiger partial charge in [-0.25, -0.2) is 0 Å². The second-order valence-corrected chi connectivity index (χ2v) is 6.51. The van der Waals surface area contributed by atoms with Crippen molar-refractivity contribution in [3.05, 3.63) is 102 Å². The molecule has 0 fully saturated rings. The molecular weight excluding hydrogens is 284 g/mol. The molecule has 0 saturated heterocycles. The smallest absolute Gasteiger partial charge is 0.149 e. The molecule has 2 radical (unpaired) electrons. The van der Waals surface area contributed by atoms with E-state index in [9.17, 15) is 4.79 Å². The van der Waals surface area contributed by atoms with E-state index in [0.717, 1.165) is 17.0 Å². The van der Waals surface area contributed by atoms with Gasteiger partial charge in [-0.15, -0.1) is 0 Å². The first kappa shape index (κ1) is 14.5. The zero-order valence-electron chi connectivity index (χ0n) is 12.1. The first-order valence-electron chi connectivity index (χ1n) is 7.29. The molecule has 1 nitrogen and oxygen atoms in total. The van der Waals surface area contributed by atoms with E-state index in [1.165, 1.54) is 11.1 Å². The molecule has 0 saturated carbocycles. The monoisotopic (exact) mass is 300 g/mol. The molecule has 0 unspecified atom stereocenters. The van der Waals surface area contributed by atoms with Crippen LogP contribution >= 0.6 is 0 Å². The highest BCUT2D eigenvalue weighted by Gasteiger charge is 2.17. The van der Waals surface area contributed by atoms with Crippen LogP contribution in [0.25, 0.3) is 0 Å². The summed E-state index contributed by atoms with van der Waals surface area (Å²) in [6, 6.07) is 28.9. The fraction of sp³-hybridized carbons (Fsp3) is 0.0500. The van der Waals surface area contributed by atoms with Crippen LogP contribution in [0.3, 0.4) is 0 Å². The van der Waals surface area contributed by atoms with Gasteiger partial charge in [-0.3, -0.25) is 4.79 Å². The molecule has 2 heteroatoms. The normalized spacial score (nSPS) is 10.6. The minimum Gasteiger partial charge on any atom is -0.298 e. The number of carbonyl (C=O) groups is 1. The van der Waals surface area contributed by atoms with Crippen molar-refractivity contribution in [2.24, 2.45) is 0 Å².